The summed E-state index contributed by atoms with van der Waals surface area (Å²) in [6.45, 7) is 2.07. The highest BCUT2D eigenvalue weighted by atomic mass is 16.3. The van der Waals surface area contributed by atoms with E-state index in [4.69, 9.17) is 0 Å². The molecule has 1 aromatic carbocycles. The van der Waals surface area contributed by atoms with Crippen molar-refractivity contribution in [2.24, 2.45) is 13.0 Å². The van der Waals surface area contributed by atoms with Crippen LogP contribution in [0.1, 0.15) is 42.0 Å². The van der Waals surface area contributed by atoms with Crippen molar-refractivity contribution >= 4 is 5.91 Å². The first-order valence-electron chi connectivity index (χ1n) is 8.53. The first-order valence-corrected chi connectivity index (χ1v) is 8.53. The number of amides is 1. The molecule has 0 aliphatic heterocycles. The molecular formula is C19H25N3O2. The second kappa shape index (κ2) is 7.18. The predicted molar refractivity (Wildman–Crippen MR) is 92.3 cm³/mol. The van der Waals surface area contributed by atoms with Gasteiger partial charge in [0.15, 0.2) is 0 Å². The lowest BCUT2D eigenvalue weighted by atomic mass is 9.75. The van der Waals surface area contributed by atoms with Crippen LogP contribution < -0.4 is 5.32 Å². The van der Waals surface area contributed by atoms with Gasteiger partial charge in [-0.25, -0.2) is 0 Å². The molecule has 24 heavy (non-hydrogen) atoms. The van der Waals surface area contributed by atoms with E-state index in [0.29, 0.717) is 6.42 Å². The fourth-order valence-electron chi connectivity index (χ4n) is 3.36. The van der Waals surface area contributed by atoms with Crippen molar-refractivity contribution in [3.05, 3.63) is 53.3 Å². The van der Waals surface area contributed by atoms with Crippen LogP contribution in [0.3, 0.4) is 0 Å². The third kappa shape index (κ3) is 3.85. The Morgan fingerprint density at radius 3 is 2.79 bits per heavy atom. The standard InChI is InChI=1S/C19H25N3O2/c1-13-5-3-4-6-14(13)7-8-18(24)21-19(15-9-17(23)10-15)16-11-20-22(2)12-16/h3-6,11-12,15,17,19,23H,7-10H2,1-2H3,(H,21,24)/t15?,17?,19-/m1/s1. The molecule has 1 amide bonds. The molecule has 0 bridgehead atoms. The van der Waals surface area contributed by atoms with E-state index in [1.165, 1.54) is 11.1 Å². The fourth-order valence-corrected chi connectivity index (χ4v) is 3.36. The number of carbonyl (C=O) groups excluding carboxylic acids is 1. The van der Waals surface area contributed by atoms with Crippen molar-refractivity contribution in [3.63, 3.8) is 0 Å². The summed E-state index contributed by atoms with van der Waals surface area (Å²) in [5.41, 5.74) is 3.44. The molecule has 1 atom stereocenters. The van der Waals surface area contributed by atoms with Crippen molar-refractivity contribution in [2.75, 3.05) is 0 Å². The summed E-state index contributed by atoms with van der Waals surface area (Å²) in [4.78, 5) is 12.4. The molecule has 0 unspecified atom stereocenters. The van der Waals surface area contributed by atoms with Gasteiger partial charge in [-0.2, -0.15) is 5.10 Å². The Morgan fingerprint density at radius 2 is 2.17 bits per heavy atom. The molecular weight excluding hydrogens is 302 g/mol. The monoisotopic (exact) mass is 327 g/mol. The molecule has 1 fully saturated rings. The number of aliphatic hydroxyl groups excluding tert-OH is 1. The average Bonchev–Trinajstić information content (AvgIpc) is 2.95. The van der Waals surface area contributed by atoms with Crippen LogP contribution in [0.15, 0.2) is 36.7 Å². The molecule has 3 rings (SSSR count). The minimum absolute atomic E-state index is 0.0495. The smallest absolute Gasteiger partial charge is 0.220 e. The molecule has 0 radical (unpaired) electrons. The van der Waals surface area contributed by atoms with Crippen LogP contribution in [0, 0.1) is 12.8 Å². The fraction of sp³-hybridized carbons (Fsp3) is 0.474. The van der Waals surface area contributed by atoms with Gasteiger partial charge in [-0.15, -0.1) is 0 Å². The Bertz CT molecular complexity index is 704. The number of aliphatic hydroxyl groups is 1. The van der Waals surface area contributed by atoms with E-state index in [0.717, 1.165) is 24.8 Å². The highest BCUT2D eigenvalue weighted by molar-refractivity contribution is 5.76. The van der Waals surface area contributed by atoms with Crippen molar-refractivity contribution in [2.45, 2.75) is 44.8 Å². The van der Waals surface area contributed by atoms with Gasteiger partial charge < -0.3 is 10.4 Å². The van der Waals surface area contributed by atoms with Crippen LogP contribution in [0.4, 0.5) is 0 Å². The number of aromatic nitrogens is 2. The van der Waals surface area contributed by atoms with Gasteiger partial charge >= 0.3 is 0 Å². The van der Waals surface area contributed by atoms with Crippen molar-refractivity contribution in [1.29, 1.82) is 0 Å². The van der Waals surface area contributed by atoms with E-state index in [1.54, 1.807) is 10.9 Å². The zero-order valence-corrected chi connectivity index (χ0v) is 14.3. The topological polar surface area (TPSA) is 67.2 Å². The van der Waals surface area contributed by atoms with Gasteiger partial charge in [0.05, 0.1) is 18.3 Å². The maximum absolute atomic E-state index is 12.4. The maximum atomic E-state index is 12.4. The normalized spacial score (nSPS) is 21.1. The second-order valence-electron chi connectivity index (χ2n) is 6.80. The molecule has 2 aromatic rings. The summed E-state index contributed by atoms with van der Waals surface area (Å²) in [6.07, 6.45) is 6.18. The van der Waals surface area contributed by atoms with Crippen LogP contribution in [0.2, 0.25) is 0 Å². The maximum Gasteiger partial charge on any atom is 0.220 e. The van der Waals surface area contributed by atoms with Gasteiger partial charge in [0, 0.05) is 25.2 Å². The number of aryl methyl sites for hydroxylation is 3. The Balaban J connectivity index is 1.62. The molecule has 128 valence electrons. The molecule has 1 aliphatic rings. The molecule has 0 saturated heterocycles. The van der Waals surface area contributed by atoms with E-state index in [9.17, 15) is 9.90 Å². The Kier molecular flexibility index (Phi) is 5.00. The molecule has 1 saturated carbocycles. The summed E-state index contributed by atoms with van der Waals surface area (Å²) < 4.78 is 1.75. The molecule has 1 heterocycles. The third-order valence-electron chi connectivity index (χ3n) is 4.90. The molecule has 1 aliphatic carbocycles. The Labute approximate surface area is 142 Å². The predicted octanol–water partition coefficient (Wildman–Crippen LogP) is 2.29. The molecule has 5 nitrogen and oxygen atoms in total. The summed E-state index contributed by atoms with van der Waals surface area (Å²) in [6, 6.07) is 8.10. The van der Waals surface area contributed by atoms with Crippen LogP contribution in [0.5, 0.6) is 0 Å². The summed E-state index contributed by atoms with van der Waals surface area (Å²) in [5, 5.41) is 17.0. The van der Waals surface area contributed by atoms with Crippen LogP contribution in [-0.4, -0.2) is 26.9 Å². The number of nitrogens with zero attached hydrogens (tertiary/aromatic N) is 2. The first-order chi connectivity index (χ1) is 11.5. The van der Waals surface area contributed by atoms with Crippen LogP contribution in [-0.2, 0) is 18.3 Å². The number of benzene rings is 1. The highest BCUT2D eigenvalue weighted by Gasteiger charge is 2.36. The lowest BCUT2D eigenvalue weighted by Gasteiger charge is -2.37. The number of rotatable bonds is 6. The quantitative estimate of drug-likeness (QED) is 0.855. The summed E-state index contributed by atoms with van der Waals surface area (Å²) in [5.74, 6) is 0.333. The van der Waals surface area contributed by atoms with Gasteiger partial charge in [-0.1, -0.05) is 24.3 Å². The minimum Gasteiger partial charge on any atom is -0.393 e. The third-order valence-corrected chi connectivity index (χ3v) is 4.90. The van der Waals surface area contributed by atoms with Crippen molar-refractivity contribution < 1.29 is 9.90 Å². The lowest BCUT2D eigenvalue weighted by Crippen LogP contribution is -2.41. The average molecular weight is 327 g/mol. The zero-order chi connectivity index (χ0) is 17.1. The molecule has 1 aromatic heterocycles. The Morgan fingerprint density at radius 1 is 1.42 bits per heavy atom. The van der Waals surface area contributed by atoms with Gasteiger partial charge in [0.1, 0.15) is 0 Å². The number of nitrogens with one attached hydrogen (secondary N) is 1. The van der Waals surface area contributed by atoms with Crippen molar-refractivity contribution in [1.82, 2.24) is 15.1 Å². The molecule has 0 spiro atoms. The zero-order valence-electron chi connectivity index (χ0n) is 14.3. The van der Waals surface area contributed by atoms with E-state index in [-0.39, 0.29) is 24.0 Å². The summed E-state index contributed by atoms with van der Waals surface area (Å²) in [7, 11) is 1.87. The number of hydrogen-bond acceptors (Lipinski definition) is 3. The lowest BCUT2D eigenvalue weighted by molar-refractivity contribution is -0.123. The van der Waals surface area contributed by atoms with Gasteiger partial charge in [-0.3, -0.25) is 9.48 Å². The molecule has 5 heteroatoms. The van der Waals surface area contributed by atoms with Gasteiger partial charge in [-0.05, 0) is 43.2 Å². The van der Waals surface area contributed by atoms with E-state index < -0.39 is 0 Å². The second-order valence-corrected chi connectivity index (χ2v) is 6.80. The van der Waals surface area contributed by atoms with E-state index in [2.05, 4.69) is 29.5 Å². The van der Waals surface area contributed by atoms with Crippen LogP contribution in [0.25, 0.3) is 0 Å². The minimum atomic E-state index is -0.238. The Hall–Kier alpha value is -2.14. The molecule has 2 N–H and O–H groups in total. The van der Waals surface area contributed by atoms with Gasteiger partial charge in [0.25, 0.3) is 0 Å². The van der Waals surface area contributed by atoms with E-state index in [1.807, 2.05) is 25.4 Å². The largest absolute Gasteiger partial charge is 0.393 e. The highest BCUT2D eigenvalue weighted by Crippen LogP contribution is 2.38. The van der Waals surface area contributed by atoms with Gasteiger partial charge in [0.2, 0.25) is 5.91 Å². The van der Waals surface area contributed by atoms with E-state index >= 15 is 0 Å². The van der Waals surface area contributed by atoms with Crippen molar-refractivity contribution in [3.8, 4) is 0 Å². The first kappa shape index (κ1) is 16.7. The summed E-state index contributed by atoms with van der Waals surface area (Å²) >= 11 is 0. The van der Waals surface area contributed by atoms with Crippen LogP contribution >= 0.6 is 0 Å². The number of carbonyl (C=O) groups is 1. The number of hydrogen-bond donors (Lipinski definition) is 2. The SMILES string of the molecule is Cc1ccccc1CCC(=O)N[C@@H](c1cnn(C)c1)C1CC(O)C1.